The van der Waals surface area contributed by atoms with E-state index in [1.54, 1.807) is 0 Å². The van der Waals surface area contributed by atoms with Gasteiger partial charge in [-0.05, 0) is 42.9 Å². The molecular weight excluding hydrogens is 182 g/mol. The van der Waals surface area contributed by atoms with E-state index in [9.17, 15) is 0 Å². The Labute approximate surface area is 94.2 Å². The average Bonchev–Trinajstić information content (AvgIpc) is 2.28. The lowest BCUT2D eigenvalue weighted by molar-refractivity contribution is 0.137. The highest BCUT2D eigenvalue weighted by atomic mass is 14.4. The van der Waals surface area contributed by atoms with E-state index in [-0.39, 0.29) is 0 Å². The van der Waals surface area contributed by atoms with E-state index < -0.39 is 0 Å². The number of nitriles is 1. The second kappa shape index (κ2) is 4.84. The maximum atomic E-state index is 8.81. The number of allylic oxidation sites excluding steroid dienone is 1. The maximum Gasteiger partial charge on any atom is 0.0943 e. The smallest absolute Gasteiger partial charge is 0.0943 e. The van der Waals surface area contributed by atoms with Gasteiger partial charge in [-0.2, -0.15) is 5.26 Å². The number of nitrogens with zero attached hydrogens (tertiary/aromatic N) is 1. The summed E-state index contributed by atoms with van der Waals surface area (Å²) in [5.74, 6) is 1.31. The highest BCUT2D eigenvalue weighted by Crippen LogP contribution is 2.43. The first-order valence-corrected chi connectivity index (χ1v) is 6.10. The molecule has 0 amide bonds. The summed E-state index contributed by atoms with van der Waals surface area (Å²) in [6, 6.07) is 2.21. The van der Waals surface area contributed by atoms with Crippen molar-refractivity contribution < 1.29 is 0 Å². The summed E-state index contributed by atoms with van der Waals surface area (Å²) in [7, 11) is 0. The summed E-state index contributed by atoms with van der Waals surface area (Å²) in [6.07, 6.45) is 6.13. The Morgan fingerprint density at radius 1 is 1.33 bits per heavy atom. The van der Waals surface area contributed by atoms with E-state index >= 15 is 0 Å². The predicted molar refractivity (Wildman–Crippen MR) is 64.3 cm³/mol. The molecule has 0 aromatic carbocycles. The van der Waals surface area contributed by atoms with Gasteiger partial charge in [0.25, 0.3) is 0 Å². The quantitative estimate of drug-likeness (QED) is 0.630. The van der Waals surface area contributed by atoms with E-state index in [4.69, 9.17) is 5.26 Å². The predicted octanol–water partition coefficient (Wildman–Crippen LogP) is 4.31. The maximum absolute atomic E-state index is 8.81. The first-order valence-electron chi connectivity index (χ1n) is 6.10. The molecule has 1 heteroatoms. The van der Waals surface area contributed by atoms with Crippen molar-refractivity contribution in [3.8, 4) is 6.07 Å². The van der Waals surface area contributed by atoms with Gasteiger partial charge in [-0.15, -0.1) is 0 Å². The molecule has 1 rings (SSSR count). The van der Waals surface area contributed by atoms with Crippen LogP contribution in [0.3, 0.4) is 0 Å². The second-order valence-electron chi connectivity index (χ2n) is 5.53. The molecule has 0 radical (unpaired) electrons. The molecule has 1 saturated carbocycles. The molecular formula is C14H23N. The highest BCUT2D eigenvalue weighted by Gasteiger charge is 2.32. The molecule has 0 saturated heterocycles. The van der Waals surface area contributed by atoms with Gasteiger partial charge in [0.15, 0.2) is 0 Å². The fraction of sp³-hybridized carbons (Fsp3) is 0.786. The van der Waals surface area contributed by atoms with Crippen LogP contribution in [-0.2, 0) is 0 Å². The SMILES string of the molecule is C=C(C#N)C1CCC(C(C)(C)CC)CC1. The molecule has 0 unspecified atom stereocenters. The molecule has 84 valence electrons. The van der Waals surface area contributed by atoms with Gasteiger partial charge >= 0.3 is 0 Å². The summed E-state index contributed by atoms with van der Waals surface area (Å²) in [5.41, 5.74) is 1.27. The summed E-state index contributed by atoms with van der Waals surface area (Å²) < 4.78 is 0. The van der Waals surface area contributed by atoms with Crippen molar-refractivity contribution in [2.24, 2.45) is 17.3 Å². The Balaban J connectivity index is 2.50. The van der Waals surface area contributed by atoms with Gasteiger partial charge in [0, 0.05) is 5.57 Å². The lowest BCUT2D eigenvalue weighted by atomic mass is 9.67. The minimum atomic E-state index is 0.471. The van der Waals surface area contributed by atoms with Crippen molar-refractivity contribution in [2.45, 2.75) is 52.9 Å². The van der Waals surface area contributed by atoms with E-state index in [1.165, 1.54) is 32.1 Å². The number of rotatable bonds is 3. The summed E-state index contributed by atoms with van der Waals surface area (Å²) in [4.78, 5) is 0. The largest absolute Gasteiger partial charge is 0.193 e. The molecule has 0 aromatic rings. The fourth-order valence-electron chi connectivity index (χ4n) is 2.60. The van der Waals surface area contributed by atoms with Crippen LogP contribution >= 0.6 is 0 Å². The zero-order chi connectivity index (χ0) is 11.5. The third-order valence-corrected chi connectivity index (χ3v) is 4.38. The molecule has 0 aromatic heterocycles. The van der Waals surface area contributed by atoms with Gasteiger partial charge in [0.1, 0.15) is 0 Å². The minimum Gasteiger partial charge on any atom is -0.193 e. The first-order chi connectivity index (χ1) is 7.01. The van der Waals surface area contributed by atoms with Crippen LogP contribution in [0.25, 0.3) is 0 Å². The van der Waals surface area contributed by atoms with Crippen molar-refractivity contribution in [2.75, 3.05) is 0 Å². The van der Waals surface area contributed by atoms with Crippen LogP contribution in [0.2, 0.25) is 0 Å². The Kier molecular flexibility index (Phi) is 3.97. The topological polar surface area (TPSA) is 23.8 Å². The molecule has 0 spiro atoms. The molecule has 0 bridgehead atoms. The Morgan fingerprint density at radius 3 is 2.27 bits per heavy atom. The summed E-state index contributed by atoms with van der Waals surface area (Å²) in [6.45, 7) is 10.9. The van der Waals surface area contributed by atoms with E-state index in [2.05, 4.69) is 33.4 Å². The van der Waals surface area contributed by atoms with Gasteiger partial charge in [-0.1, -0.05) is 33.8 Å². The molecule has 0 N–H and O–H groups in total. The molecule has 1 fully saturated rings. The van der Waals surface area contributed by atoms with Crippen molar-refractivity contribution in [1.29, 1.82) is 5.26 Å². The molecule has 1 aliphatic rings. The zero-order valence-electron chi connectivity index (χ0n) is 10.3. The van der Waals surface area contributed by atoms with Gasteiger partial charge in [-0.3, -0.25) is 0 Å². The van der Waals surface area contributed by atoms with Crippen LogP contribution in [-0.4, -0.2) is 0 Å². The minimum absolute atomic E-state index is 0.471. The second-order valence-corrected chi connectivity index (χ2v) is 5.53. The lowest BCUT2D eigenvalue weighted by Gasteiger charge is -2.38. The standard InChI is InChI=1S/C14H23N/c1-5-14(3,4)13-8-6-12(7-9-13)11(2)10-15/h12-13H,2,5-9H2,1,3-4H3. The zero-order valence-corrected chi connectivity index (χ0v) is 10.3. The molecule has 0 heterocycles. The monoisotopic (exact) mass is 205 g/mol. The molecule has 0 atom stereocenters. The van der Waals surface area contributed by atoms with Crippen molar-refractivity contribution in [3.63, 3.8) is 0 Å². The van der Waals surface area contributed by atoms with E-state index in [0.29, 0.717) is 11.3 Å². The molecule has 0 aliphatic heterocycles. The van der Waals surface area contributed by atoms with E-state index in [1.807, 2.05) is 0 Å². The van der Waals surface area contributed by atoms with Crippen LogP contribution in [0.15, 0.2) is 12.2 Å². The lowest BCUT2D eigenvalue weighted by Crippen LogP contribution is -2.28. The van der Waals surface area contributed by atoms with Crippen LogP contribution in [0.4, 0.5) is 0 Å². The molecule has 15 heavy (non-hydrogen) atoms. The average molecular weight is 205 g/mol. The van der Waals surface area contributed by atoms with Gasteiger partial charge in [0.05, 0.1) is 6.07 Å². The third-order valence-electron chi connectivity index (χ3n) is 4.38. The normalized spacial score (nSPS) is 27.1. The molecule has 1 aliphatic carbocycles. The number of hydrogen-bond donors (Lipinski definition) is 0. The fourth-order valence-corrected chi connectivity index (χ4v) is 2.60. The van der Waals surface area contributed by atoms with Crippen LogP contribution in [0.1, 0.15) is 52.9 Å². The Bertz CT molecular complexity index is 262. The van der Waals surface area contributed by atoms with Crippen molar-refractivity contribution in [1.82, 2.24) is 0 Å². The van der Waals surface area contributed by atoms with Crippen LogP contribution in [0, 0.1) is 28.6 Å². The highest BCUT2D eigenvalue weighted by molar-refractivity contribution is 5.20. The van der Waals surface area contributed by atoms with Crippen molar-refractivity contribution >= 4 is 0 Å². The van der Waals surface area contributed by atoms with Crippen molar-refractivity contribution in [3.05, 3.63) is 12.2 Å². The van der Waals surface area contributed by atoms with Crippen LogP contribution < -0.4 is 0 Å². The van der Waals surface area contributed by atoms with Gasteiger partial charge in [0.2, 0.25) is 0 Å². The molecule has 1 nitrogen and oxygen atoms in total. The van der Waals surface area contributed by atoms with Crippen LogP contribution in [0.5, 0.6) is 0 Å². The third kappa shape index (κ3) is 2.84. The number of hydrogen-bond acceptors (Lipinski definition) is 1. The van der Waals surface area contributed by atoms with E-state index in [0.717, 1.165) is 11.5 Å². The van der Waals surface area contributed by atoms with Gasteiger partial charge < -0.3 is 0 Å². The summed E-state index contributed by atoms with van der Waals surface area (Å²) in [5, 5.41) is 8.81. The summed E-state index contributed by atoms with van der Waals surface area (Å²) >= 11 is 0. The Hall–Kier alpha value is -0.770. The first kappa shape index (κ1) is 12.3. The van der Waals surface area contributed by atoms with Gasteiger partial charge in [-0.25, -0.2) is 0 Å². The Morgan fingerprint density at radius 2 is 1.87 bits per heavy atom.